The summed E-state index contributed by atoms with van der Waals surface area (Å²) >= 11 is 0. The maximum Gasteiger partial charge on any atom is 0.148 e. The molecular weight excluding hydrogens is 216 g/mol. The van der Waals surface area contributed by atoms with Crippen molar-refractivity contribution in [2.24, 2.45) is 5.92 Å². The normalized spacial score (nSPS) is 14.2. The third-order valence-electron chi connectivity index (χ3n) is 2.60. The van der Waals surface area contributed by atoms with Crippen LogP contribution in [0.15, 0.2) is 30.3 Å². The summed E-state index contributed by atoms with van der Waals surface area (Å²) in [6.07, 6.45) is 1.23. The molecule has 0 spiro atoms. The van der Waals surface area contributed by atoms with Crippen molar-refractivity contribution in [3.63, 3.8) is 0 Å². The lowest BCUT2D eigenvalue weighted by Crippen LogP contribution is -2.18. The number of carbonyl (C=O) groups excluding carboxylic acids is 1. The van der Waals surface area contributed by atoms with Gasteiger partial charge < -0.3 is 14.3 Å². The zero-order valence-corrected chi connectivity index (χ0v) is 10.5. The summed E-state index contributed by atoms with van der Waals surface area (Å²) in [5.74, 6) is 0.314. The minimum absolute atomic E-state index is 0.314. The summed E-state index contributed by atoms with van der Waals surface area (Å²) in [7, 11) is 1.55. The average Bonchev–Trinajstić information content (AvgIpc) is 2.37. The Morgan fingerprint density at radius 2 is 2.00 bits per heavy atom. The zero-order valence-electron chi connectivity index (χ0n) is 10.5. The van der Waals surface area contributed by atoms with E-state index in [1.165, 1.54) is 5.56 Å². The lowest BCUT2D eigenvalue weighted by atomic mass is 10.1. The first-order valence-electron chi connectivity index (χ1n) is 5.86. The van der Waals surface area contributed by atoms with Gasteiger partial charge in [0, 0.05) is 13.7 Å². The van der Waals surface area contributed by atoms with Crippen molar-refractivity contribution >= 4 is 6.29 Å². The van der Waals surface area contributed by atoms with Gasteiger partial charge in [0.05, 0.1) is 6.61 Å². The summed E-state index contributed by atoms with van der Waals surface area (Å²) in [5, 5.41) is 0. The lowest BCUT2D eigenvalue weighted by Gasteiger charge is -2.15. The predicted molar refractivity (Wildman–Crippen MR) is 66.7 cm³/mol. The minimum Gasteiger partial charge on any atom is -0.376 e. The SMILES string of the molecule is CO[C@H](C=O)CC(C)COCc1ccccc1. The fraction of sp³-hybridized carbons (Fsp3) is 0.500. The van der Waals surface area contributed by atoms with Crippen molar-refractivity contribution in [2.45, 2.75) is 26.1 Å². The molecule has 0 radical (unpaired) electrons. The van der Waals surface area contributed by atoms with Gasteiger partial charge in [-0.2, -0.15) is 0 Å². The summed E-state index contributed by atoms with van der Waals surface area (Å²) < 4.78 is 10.6. The van der Waals surface area contributed by atoms with Crippen LogP contribution in [-0.2, 0) is 20.9 Å². The van der Waals surface area contributed by atoms with Crippen LogP contribution in [0.25, 0.3) is 0 Å². The smallest absolute Gasteiger partial charge is 0.148 e. The third kappa shape index (κ3) is 5.61. The molecule has 1 unspecified atom stereocenters. The molecule has 94 valence electrons. The summed E-state index contributed by atoms with van der Waals surface area (Å²) in [5.41, 5.74) is 1.17. The highest BCUT2D eigenvalue weighted by Crippen LogP contribution is 2.09. The van der Waals surface area contributed by atoms with Crippen molar-refractivity contribution < 1.29 is 14.3 Å². The molecule has 0 aliphatic heterocycles. The molecule has 0 N–H and O–H groups in total. The molecule has 0 saturated heterocycles. The van der Waals surface area contributed by atoms with E-state index in [0.717, 1.165) is 6.29 Å². The molecule has 17 heavy (non-hydrogen) atoms. The number of methoxy groups -OCH3 is 1. The van der Waals surface area contributed by atoms with Crippen molar-refractivity contribution in [1.29, 1.82) is 0 Å². The molecule has 0 aliphatic rings. The van der Waals surface area contributed by atoms with Crippen molar-refractivity contribution in [3.8, 4) is 0 Å². The van der Waals surface area contributed by atoms with Gasteiger partial charge >= 0.3 is 0 Å². The molecule has 0 saturated carbocycles. The second-order valence-electron chi connectivity index (χ2n) is 4.25. The quantitative estimate of drug-likeness (QED) is 0.650. The average molecular weight is 236 g/mol. The van der Waals surface area contributed by atoms with Gasteiger partial charge in [-0.1, -0.05) is 37.3 Å². The van der Waals surface area contributed by atoms with Crippen molar-refractivity contribution in [3.05, 3.63) is 35.9 Å². The highest BCUT2D eigenvalue weighted by molar-refractivity contribution is 5.55. The van der Waals surface area contributed by atoms with E-state index in [2.05, 4.69) is 6.92 Å². The first kappa shape index (κ1) is 13.9. The third-order valence-corrected chi connectivity index (χ3v) is 2.60. The minimum atomic E-state index is -0.315. The van der Waals surface area contributed by atoms with Crippen LogP contribution in [0, 0.1) is 5.92 Å². The zero-order chi connectivity index (χ0) is 12.5. The number of ether oxygens (including phenoxy) is 2. The van der Waals surface area contributed by atoms with E-state index < -0.39 is 0 Å². The predicted octanol–water partition coefficient (Wildman–Crippen LogP) is 2.44. The Labute approximate surface area is 103 Å². The van der Waals surface area contributed by atoms with E-state index >= 15 is 0 Å². The van der Waals surface area contributed by atoms with Crippen LogP contribution >= 0.6 is 0 Å². The Kier molecular flexibility index (Phi) is 6.51. The molecule has 3 nitrogen and oxygen atoms in total. The van der Waals surface area contributed by atoms with Crippen LogP contribution in [0.3, 0.4) is 0 Å². The first-order valence-corrected chi connectivity index (χ1v) is 5.86. The summed E-state index contributed by atoms with van der Waals surface area (Å²) in [6, 6.07) is 10.0. The van der Waals surface area contributed by atoms with Gasteiger partial charge in [0.1, 0.15) is 12.4 Å². The molecule has 2 atom stereocenters. The van der Waals surface area contributed by atoms with Gasteiger partial charge in [-0.05, 0) is 17.9 Å². The molecule has 1 rings (SSSR count). The Morgan fingerprint density at radius 1 is 1.29 bits per heavy atom. The van der Waals surface area contributed by atoms with Gasteiger partial charge in [-0.15, -0.1) is 0 Å². The highest BCUT2D eigenvalue weighted by Gasteiger charge is 2.11. The number of aldehydes is 1. The first-order chi connectivity index (χ1) is 8.26. The van der Waals surface area contributed by atoms with Gasteiger partial charge in [-0.25, -0.2) is 0 Å². The van der Waals surface area contributed by atoms with Crippen LogP contribution in [0.2, 0.25) is 0 Å². The molecule has 1 aromatic rings. The monoisotopic (exact) mass is 236 g/mol. The standard InChI is InChI=1S/C14H20O3/c1-12(8-14(9-15)16-2)10-17-11-13-6-4-3-5-7-13/h3-7,9,12,14H,8,10-11H2,1-2H3/t12?,14-/m0/s1. The van der Waals surface area contributed by atoms with E-state index in [1.807, 2.05) is 30.3 Å². The van der Waals surface area contributed by atoms with Crippen LogP contribution < -0.4 is 0 Å². The van der Waals surface area contributed by atoms with E-state index in [4.69, 9.17) is 9.47 Å². The van der Waals surface area contributed by atoms with E-state index in [-0.39, 0.29) is 6.10 Å². The van der Waals surface area contributed by atoms with Crippen LogP contribution in [0.1, 0.15) is 18.9 Å². The van der Waals surface area contributed by atoms with Gasteiger partial charge in [0.15, 0.2) is 0 Å². The molecular formula is C14H20O3. The van der Waals surface area contributed by atoms with Gasteiger partial charge in [-0.3, -0.25) is 0 Å². The maximum absolute atomic E-state index is 10.6. The largest absolute Gasteiger partial charge is 0.376 e. The molecule has 0 fully saturated rings. The summed E-state index contributed by atoms with van der Waals surface area (Å²) in [6.45, 7) is 3.31. The highest BCUT2D eigenvalue weighted by atomic mass is 16.5. The molecule has 0 heterocycles. The fourth-order valence-electron chi connectivity index (χ4n) is 1.62. The maximum atomic E-state index is 10.6. The number of hydrogen-bond donors (Lipinski definition) is 0. The van der Waals surface area contributed by atoms with Crippen molar-refractivity contribution in [2.75, 3.05) is 13.7 Å². The Morgan fingerprint density at radius 3 is 2.59 bits per heavy atom. The molecule has 3 heteroatoms. The summed E-state index contributed by atoms with van der Waals surface area (Å²) in [4.78, 5) is 10.6. The van der Waals surface area contributed by atoms with Crippen LogP contribution in [-0.4, -0.2) is 26.1 Å². The number of benzene rings is 1. The fourth-order valence-corrected chi connectivity index (χ4v) is 1.62. The Bertz CT molecular complexity index is 311. The molecule has 0 amide bonds. The van der Waals surface area contributed by atoms with E-state index in [0.29, 0.717) is 25.6 Å². The number of hydrogen-bond acceptors (Lipinski definition) is 3. The second-order valence-corrected chi connectivity index (χ2v) is 4.25. The van der Waals surface area contributed by atoms with E-state index in [9.17, 15) is 4.79 Å². The second kappa shape index (κ2) is 7.98. The molecule has 0 aliphatic carbocycles. The Balaban J connectivity index is 2.20. The molecule has 0 bridgehead atoms. The number of carbonyl (C=O) groups is 1. The van der Waals surface area contributed by atoms with Gasteiger partial charge in [0.25, 0.3) is 0 Å². The van der Waals surface area contributed by atoms with Crippen LogP contribution in [0.5, 0.6) is 0 Å². The number of rotatable bonds is 8. The Hall–Kier alpha value is -1.19. The van der Waals surface area contributed by atoms with Crippen LogP contribution in [0.4, 0.5) is 0 Å². The van der Waals surface area contributed by atoms with Gasteiger partial charge in [0.2, 0.25) is 0 Å². The molecule has 0 aromatic heterocycles. The lowest BCUT2D eigenvalue weighted by molar-refractivity contribution is -0.117. The topological polar surface area (TPSA) is 35.5 Å². The molecule has 1 aromatic carbocycles. The van der Waals surface area contributed by atoms with E-state index in [1.54, 1.807) is 7.11 Å². The van der Waals surface area contributed by atoms with Crippen molar-refractivity contribution in [1.82, 2.24) is 0 Å².